The van der Waals surface area contributed by atoms with Crippen molar-refractivity contribution < 1.29 is 54.6 Å². The van der Waals surface area contributed by atoms with Crippen molar-refractivity contribution in [3.05, 3.63) is 359 Å². The quantitative estimate of drug-likeness (QED) is 0.00556. The van der Waals surface area contributed by atoms with Crippen LogP contribution >= 0.6 is 40.7 Å². The van der Waals surface area contributed by atoms with Gasteiger partial charge in [0.2, 0.25) is 6.19 Å². The van der Waals surface area contributed by atoms with E-state index in [0.717, 1.165) is 87.9 Å². The van der Waals surface area contributed by atoms with Crippen molar-refractivity contribution in [1.82, 2.24) is 25.5 Å². The number of rotatable bonds is 14. The van der Waals surface area contributed by atoms with Crippen LogP contribution in [0.2, 0.25) is 0 Å². The van der Waals surface area contributed by atoms with Crippen LogP contribution in [0.15, 0.2) is 339 Å². The summed E-state index contributed by atoms with van der Waals surface area (Å²) in [5.41, 5.74) is 20.9. The van der Waals surface area contributed by atoms with E-state index in [0.29, 0.717) is 11.7 Å². The maximum absolute atomic E-state index is 11.8. The summed E-state index contributed by atoms with van der Waals surface area (Å²) in [6.45, 7) is 5.88. The molecule has 10 aromatic carbocycles. The number of nitrogens with zero attached hydrogens (tertiary/aromatic N) is 13. The number of hydrazine groups is 2. The second-order valence-electron chi connectivity index (χ2n) is 22.4. The van der Waals surface area contributed by atoms with E-state index >= 15 is 0 Å². The van der Waals surface area contributed by atoms with Gasteiger partial charge in [-0.15, -0.1) is 24.8 Å². The van der Waals surface area contributed by atoms with Crippen LogP contribution in [-0.2, 0) is 24.1 Å². The lowest BCUT2D eigenvalue weighted by molar-refractivity contribution is -0.141. The minimum Gasteiger partial charge on any atom is -0.481 e. The summed E-state index contributed by atoms with van der Waals surface area (Å²) >= 11 is 2.45. The van der Waals surface area contributed by atoms with Crippen molar-refractivity contribution in [3.8, 4) is 11.2 Å². The van der Waals surface area contributed by atoms with Gasteiger partial charge in [-0.05, 0) is 26.1 Å². The molecule has 2 aliphatic rings. The number of halogens is 3. The summed E-state index contributed by atoms with van der Waals surface area (Å²) in [4.78, 5) is 57.4. The van der Waals surface area contributed by atoms with E-state index < -0.39 is 5.97 Å². The van der Waals surface area contributed by atoms with Crippen LogP contribution in [0.4, 0.5) is 0 Å². The number of aliphatic carboxylic acids is 1. The monoisotopic (exact) mass is 1710 g/mol. The van der Waals surface area contributed by atoms with Gasteiger partial charge in [-0.3, -0.25) is 35.9 Å². The van der Waals surface area contributed by atoms with Crippen molar-refractivity contribution in [2.45, 2.75) is 33.6 Å². The number of guanidine groups is 1. The van der Waals surface area contributed by atoms with Gasteiger partial charge >= 0.3 is 11.9 Å². The molecular weight excluding hydrogens is 1610 g/mol. The number of nitrogens with one attached hydrogen (secondary N) is 1. The Labute approximate surface area is 709 Å². The Hall–Kier alpha value is -13.5. The highest BCUT2D eigenvalue weighted by Crippen LogP contribution is 2.18. The third kappa shape index (κ3) is 43.7. The van der Waals surface area contributed by atoms with E-state index in [1.807, 2.05) is 285 Å². The molecule has 2 heterocycles. The minimum atomic E-state index is -0.833. The molecule has 622 valence electrons. The van der Waals surface area contributed by atoms with Gasteiger partial charge in [0.15, 0.2) is 17.5 Å². The fourth-order valence-corrected chi connectivity index (χ4v) is 9.07. The zero-order chi connectivity index (χ0) is 86.1. The van der Waals surface area contributed by atoms with E-state index in [-0.39, 0.29) is 67.9 Å². The van der Waals surface area contributed by atoms with Crippen LogP contribution in [0.1, 0.15) is 94.0 Å². The second-order valence-corrected chi connectivity index (χ2v) is 22.8. The standard InChI is InChI=1S/C17H15N3O2.C15H16N4O.C15H13N3.C15H15N.C13H10O.C4H7N3O2.C2H4O2.C2H6O.CBrN.CH6N2.CH4O.2ClH.H3NO/c1-20(15-12-16(21)22-19-15)18-17(13-8-4-2-5-9-13)14-10-6-3-7-11-14;1-19(15(16)18-20)17-14(12-8-4-2-5-9-12)13-10-6-3-7-11-13;1-18(12-16)17-15(13-8-4-2-5-9-13)14-10-6-3-7-11-14;1-2-16-15(13-9-5-3-6-10-13)14-11-7-4-8-12-14;14-13(11-7-3-1-4-8-11)12-9-5-2-6-10-12;1-7(5)3-2-4(8)9-6-3;1-2(3)4;1-2-3;2-1-3;1-3-2;1-2;;;1-2/h2-11H,12H2,1H3;2-11,20H,1H3,(H2,16,18);2-11H,1H3;3-12H,2H2,1H3;1-10H;2,5H2,1H3;1H3,(H,3,4);3H,2H2,1H3;;3H,2H2,1H3;2H,1H3;2*1H;2H,1H2. The van der Waals surface area contributed by atoms with Gasteiger partial charge < -0.3 is 41.1 Å². The van der Waals surface area contributed by atoms with Gasteiger partial charge in [0, 0.05) is 127 Å². The van der Waals surface area contributed by atoms with Crippen LogP contribution < -0.4 is 28.7 Å². The van der Waals surface area contributed by atoms with Crippen LogP contribution in [0, 0.1) is 21.7 Å². The maximum atomic E-state index is 11.8. The van der Waals surface area contributed by atoms with Crippen molar-refractivity contribution in [3.63, 3.8) is 0 Å². The molecule has 0 unspecified atom stereocenters. The number of aliphatic imine (C=N–C) groups is 1. The van der Waals surface area contributed by atoms with Crippen molar-refractivity contribution >= 4 is 105 Å². The summed E-state index contributed by atoms with van der Waals surface area (Å²) in [5, 5.41) is 82.1. The number of amidine groups is 2. The van der Waals surface area contributed by atoms with Gasteiger partial charge in [0.1, 0.15) is 17.8 Å². The highest BCUT2D eigenvalue weighted by atomic mass is 79.9. The molecule has 0 bridgehead atoms. The average Bonchev–Trinajstić information content (AvgIpc) is 0.925. The third-order valence-corrected chi connectivity index (χ3v) is 14.0. The summed E-state index contributed by atoms with van der Waals surface area (Å²) in [6.07, 6.45) is 2.29. The molecule has 0 radical (unpaired) electrons. The fourth-order valence-electron chi connectivity index (χ4n) is 9.07. The van der Waals surface area contributed by atoms with Gasteiger partial charge in [0.25, 0.3) is 11.9 Å². The number of carbonyl (C=O) groups excluding carboxylic acids is 3. The molecule has 0 atom stereocenters. The smallest absolute Gasteiger partial charge is 0.342 e. The Morgan fingerprint density at radius 2 is 0.712 bits per heavy atom. The van der Waals surface area contributed by atoms with Crippen molar-refractivity contribution in [2.75, 3.05) is 55.5 Å². The Balaban J connectivity index is 0. The molecule has 0 fully saturated rings. The second kappa shape index (κ2) is 66.9. The van der Waals surface area contributed by atoms with Gasteiger partial charge in [0.05, 0.1) is 22.8 Å². The highest BCUT2D eigenvalue weighted by Gasteiger charge is 2.22. The van der Waals surface area contributed by atoms with Crippen LogP contribution in [0.25, 0.3) is 0 Å². The number of oxime groups is 3. The Kier molecular flexibility index (Phi) is 60.4. The third-order valence-electron chi connectivity index (χ3n) is 14.0. The number of carboxylic acid groups (broad SMARTS) is 1. The molecule has 14 N–H and O–H groups in total. The Morgan fingerprint density at radius 1 is 0.492 bits per heavy atom. The van der Waals surface area contributed by atoms with Crippen molar-refractivity contribution in [2.24, 2.45) is 59.1 Å². The Morgan fingerprint density at radius 3 is 0.915 bits per heavy atom. The summed E-state index contributed by atoms with van der Waals surface area (Å²) in [7, 11) is 9.26. The first-order valence-electron chi connectivity index (χ1n) is 35.1. The molecule has 10 aromatic rings. The number of carboxylic acids is 1. The normalized spacial score (nSPS) is 10.2. The topological polar surface area (TPSA) is 451 Å². The zero-order valence-corrected chi connectivity index (χ0v) is 69.9. The van der Waals surface area contributed by atoms with Crippen LogP contribution in [0.5, 0.6) is 0 Å². The lowest BCUT2D eigenvalue weighted by Crippen LogP contribution is -2.32. The molecule has 118 heavy (non-hydrogen) atoms. The first-order chi connectivity index (χ1) is 56.2. The number of hydrazone groups is 3. The average molecular weight is 1710 g/mol. The summed E-state index contributed by atoms with van der Waals surface area (Å²) < 4.78 is 0. The molecule has 0 aliphatic carbocycles. The number of aliphatic hydroxyl groups excluding tert-OH is 2. The SMILES string of the molecule is CC(=O)O.CCN=C(c1ccccc1)c1ccccc1.CCO.CN(C#N)N=C(c1ccccc1)c1ccccc1.CN(N)C1=NOC(=O)C1.CN(N=C(c1ccccc1)c1ccccc1)/C(N)=N\O.CN(N=C(c1ccccc1)c1ccccc1)C1=NOC(=O)C1.CNN.CO.Cl.Cl.N#CBr.NO.O=C(c1ccccc1)c1ccccc1. The van der Waals surface area contributed by atoms with E-state index in [1.165, 1.54) is 26.2 Å². The van der Waals surface area contributed by atoms with E-state index in [9.17, 15) is 14.4 Å². The number of hydrogen-bond acceptors (Lipinski definition) is 26. The molecule has 29 nitrogen and oxygen atoms in total. The number of benzene rings is 10. The predicted octanol–water partition coefficient (Wildman–Crippen LogP) is 12.9. The molecule has 0 saturated heterocycles. The molecule has 0 amide bonds. The molecule has 0 saturated carbocycles. The van der Waals surface area contributed by atoms with E-state index in [2.05, 4.69) is 110 Å². The number of nitriles is 2. The number of ketones is 1. The fraction of sp³-hybridized carbons (Fsp3) is 0.151. The molecule has 0 aromatic heterocycles. The van der Waals surface area contributed by atoms with E-state index in [4.69, 9.17) is 52.6 Å². The number of aliphatic hydroxyl groups is 2. The number of nitrogens with two attached hydrogens (primary N) is 4. The van der Waals surface area contributed by atoms with E-state index in [1.54, 1.807) is 52.1 Å². The van der Waals surface area contributed by atoms with Crippen LogP contribution in [0.3, 0.4) is 0 Å². The molecule has 0 spiro atoms. The lowest BCUT2D eigenvalue weighted by Gasteiger charge is -2.14. The van der Waals surface area contributed by atoms with Gasteiger partial charge in [-0.1, -0.05) is 314 Å². The maximum Gasteiger partial charge on any atom is 0.342 e. The number of carbonyl (C=O) groups is 4. The largest absolute Gasteiger partial charge is 0.481 e. The first-order valence-corrected chi connectivity index (χ1v) is 35.9. The number of hydrogen-bond donors (Lipinski definition) is 10. The molecular formula is C86H101BrCl2N18O11. The molecule has 12 rings (SSSR count). The molecule has 32 heteroatoms. The zero-order valence-electron chi connectivity index (χ0n) is 66.7. The summed E-state index contributed by atoms with van der Waals surface area (Å²) in [6, 6.07) is 98.2. The van der Waals surface area contributed by atoms with Gasteiger partial charge in [-0.2, -0.15) is 25.8 Å². The predicted molar refractivity (Wildman–Crippen MR) is 474 cm³/mol. The lowest BCUT2D eigenvalue weighted by atomic mass is 10.0. The van der Waals surface area contributed by atoms with Gasteiger partial charge in [-0.25, -0.2) is 31.3 Å². The summed E-state index contributed by atoms with van der Waals surface area (Å²) in [5.74, 6) is 12.7. The Bertz CT molecular complexity index is 4470. The van der Waals surface area contributed by atoms with Crippen molar-refractivity contribution in [1.29, 1.82) is 10.5 Å². The first kappa shape index (κ1) is 107. The molecule has 2 aliphatic heterocycles. The van der Waals surface area contributed by atoms with Crippen LogP contribution in [-0.4, -0.2) is 165 Å². The minimum absolute atomic E-state index is 0. The highest BCUT2D eigenvalue weighted by molar-refractivity contribution is 9.12.